The smallest absolute Gasteiger partial charge is 0.335 e. The Morgan fingerprint density at radius 3 is 2.67 bits per heavy atom. The molecule has 0 atom stereocenters. The molecule has 11 heteroatoms. The fraction of sp³-hybridized carbons (Fsp3) is 0.250. The molecule has 0 saturated carbocycles. The van der Waals surface area contributed by atoms with E-state index in [9.17, 15) is 13.2 Å². The van der Waals surface area contributed by atoms with Crippen LogP contribution in [0.15, 0.2) is 41.3 Å². The van der Waals surface area contributed by atoms with Gasteiger partial charge in [0.2, 0.25) is 5.95 Å². The number of nitrogens with zero attached hydrogens (tertiary/aromatic N) is 3. The minimum Gasteiger partial charge on any atom is -0.488 e. The van der Waals surface area contributed by atoms with Crippen molar-refractivity contribution >= 4 is 22.0 Å². The first kappa shape index (κ1) is 20.1. The lowest BCUT2D eigenvalue weighted by Gasteiger charge is -2.12. The number of nitrogens with one attached hydrogen (secondary N) is 2. The summed E-state index contributed by atoms with van der Waals surface area (Å²) < 4.78 is 37.2. The van der Waals surface area contributed by atoms with Gasteiger partial charge in [-0.2, -0.15) is 15.0 Å². The predicted molar refractivity (Wildman–Crippen MR) is 97.2 cm³/mol. The highest BCUT2D eigenvalue weighted by Gasteiger charge is 2.22. The Hall–Kier alpha value is -3.21. The van der Waals surface area contributed by atoms with Gasteiger partial charge in [0.05, 0.1) is 7.11 Å². The van der Waals surface area contributed by atoms with Crippen molar-refractivity contribution in [3.05, 3.63) is 42.2 Å². The monoisotopic (exact) mass is 393 g/mol. The molecule has 0 aliphatic carbocycles. The third-order valence-electron chi connectivity index (χ3n) is 3.07. The second-order valence-corrected chi connectivity index (χ2v) is 6.73. The molecule has 0 fully saturated rings. The molecule has 2 N–H and O–H groups in total. The zero-order valence-electron chi connectivity index (χ0n) is 15.0. The van der Waals surface area contributed by atoms with Gasteiger partial charge in [-0.15, -0.1) is 0 Å². The molecule has 27 heavy (non-hydrogen) atoms. The van der Waals surface area contributed by atoms with Crippen molar-refractivity contribution in [2.75, 3.05) is 19.0 Å². The maximum absolute atomic E-state index is 12.5. The number of methoxy groups -OCH3 is 1. The van der Waals surface area contributed by atoms with Gasteiger partial charge in [0.15, 0.2) is 0 Å². The number of ether oxygens (including phenoxy) is 2. The predicted octanol–water partition coefficient (Wildman–Crippen LogP) is 1.65. The van der Waals surface area contributed by atoms with Crippen LogP contribution in [0.3, 0.4) is 0 Å². The number of amides is 2. The van der Waals surface area contributed by atoms with E-state index >= 15 is 0 Å². The molecule has 0 saturated heterocycles. The van der Waals surface area contributed by atoms with E-state index in [-0.39, 0.29) is 29.2 Å². The average molecular weight is 393 g/mol. The number of anilines is 1. The van der Waals surface area contributed by atoms with E-state index in [1.54, 1.807) is 25.1 Å². The highest BCUT2D eigenvalue weighted by atomic mass is 32.2. The van der Waals surface area contributed by atoms with Crippen LogP contribution < -0.4 is 19.5 Å². The number of para-hydroxylation sites is 1. The topological polar surface area (TPSA) is 132 Å². The highest BCUT2D eigenvalue weighted by molar-refractivity contribution is 7.90. The number of rotatable bonds is 7. The Morgan fingerprint density at radius 2 is 1.96 bits per heavy atom. The summed E-state index contributed by atoms with van der Waals surface area (Å²) in [5.41, 5.74) is 0. The lowest BCUT2D eigenvalue weighted by molar-refractivity contribution is 0.256. The standard InChI is InChI=1S/C16H19N5O5S/c1-4-5-10-26-12-8-6-7-9-13(12)27(23,24)21-15(22)19-14-17-11(2)18-16(20-14)25-3/h4-9H,10H2,1-3H3,(H2,17,18,19,20,21,22)/b5-4+. The number of hydrogen-bond donors (Lipinski definition) is 2. The van der Waals surface area contributed by atoms with E-state index in [0.29, 0.717) is 5.82 Å². The molecule has 2 amide bonds. The Kier molecular flexibility index (Phi) is 6.66. The molecule has 1 aromatic heterocycles. The van der Waals surface area contributed by atoms with E-state index in [1.807, 2.05) is 11.6 Å². The zero-order valence-corrected chi connectivity index (χ0v) is 15.8. The molecule has 2 rings (SSSR count). The first-order valence-electron chi connectivity index (χ1n) is 7.79. The molecule has 2 aromatic rings. The van der Waals surface area contributed by atoms with Gasteiger partial charge in [-0.05, 0) is 26.0 Å². The number of carbonyl (C=O) groups is 1. The van der Waals surface area contributed by atoms with Crippen molar-refractivity contribution in [3.8, 4) is 11.8 Å². The molecule has 1 heterocycles. The Morgan fingerprint density at radius 1 is 1.22 bits per heavy atom. The number of aryl methyl sites for hydroxylation is 1. The van der Waals surface area contributed by atoms with Crippen molar-refractivity contribution in [2.45, 2.75) is 18.7 Å². The Balaban J connectivity index is 2.16. The number of hydrogen-bond acceptors (Lipinski definition) is 8. The fourth-order valence-electron chi connectivity index (χ4n) is 1.93. The van der Waals surface area contributed by atoms with Crippen molar-refractivity contribution in [2.24, 2.45) is 0 Å². The molecule has 0 bridgehead atoms. The number of aromatic nitrogens is 3. The molecular formula is C16H19N5O5S. The van der Waals surface area contributed by atoms with Crippen molar-refractivity contribution in [3.63, 3.8) is 0 Å². The molecule has 0 spiro atoms. The molecule has 0 aliphatic heterocycles. The minimum absolute atomic E-state index is 0.0108. The Bertz CT molecular complexity index is 946. The summed E-state index contributed by atoms with van der Waals surface area (Å²) in [6.07, 6.45) is 3.49. The van der Waals surface area contributed by atoms with Crippen LogP contribution >= 0.6 is 0 Å². The molecule has 0 unspecified atom stereocenters. The number of allylic oxidation sites excluding steroid dienone is 1. The molecular weight excluding hydrogens is 374 g/mol. The zero-order chi connectivity index (χ0) is 19.9. The summed E-state index contributed by atoms with van der Waals surface area (Å²) in [6, 6.07) is 4.93. The van der Waals surface area contributed by atoms with Crippen LogP contribution in [0.2, 0.25) is 0 Å². The number of urea groups is 1. The molecule has 144 valence electrons. The van der Waals surface area contributed by atoms with Gasteiger partial charge in [-0.3, -0.25) is 5.32 Å². The maximum Gasteiger partial charge on any atom is 0.335 e. The van der Waals surface area contributed by atoms with Gasteiger partial charge >= 0.3 is 12.0 Å². The number of carbonyl (C=O) groups excluding carboxylic acids is 1. The number of benzene rings is 1. The van der Waals surface area contributed by atoms with Crippen LogP contribution in [-0.4, -0.2) is 43.1 Å². The summed E-state index contributed by atoms with van der Waals surface area (Å²) in [6.45, 7) is 3.58. The first-order valence-corrected chi connectivity index (χ1v) is 9.27. The van der Waals surface area contributed by atoms with Gasteiger partial charge < -0.3 is 9.47 Å². The van der Waals surface area contributed by atoms with Crippen LogP contribution in [0.1, 0.15) is 12.7 Å². The second kappa shape index (κ2) is 8.94. The minimum atomic E-state index is -4.19. The summed E-state index contributed by atoms with van der Waals surface area (Å²) >= 11 is 0. The normalized spacial score (nSPS) is 11.2. The summed E-state index contributed by atoms with van der Waals surface area (Å²) in [7, 11) is -2.83. The number of sulfonamides is 1. The van der Waals surface area contributed by atoms with Crippen LogP contribution in [0.4, 0.5) is 10.7 Å². The van der Waals surface area contributed by atoms with E-state index in [1.165, 1.54) is 25.3 Å². The van der Waals surface area contributed by atoms with Gasteiger partial charge in [-0.1, -0.05) is 24.3 Å². The van der Waals surface area contributed by atoms with Crippen molar-refractivity contribution in [1.82, 2.24) is 19.7 Å². The third-order valence-corrected chi connectivity index (χ3v) is 4.44. The van der Waals surface area contributed by atoms with Crippen LogP contribution in [0.5, 0.6) is 11.8 Å². The summed E-state index contributed by atoms with van der Waals surface area (Å²) in [4.78, 5) is 23.5. The van der Waals surface area contributed by atoms with E-state index < -0.39 is 16.1 Å². The van der Waals surface area contributed by atoms with Gasteiger partial charge in [0, 0.05) is 0 Å². The van der Waals surface area contributed by atoms with E-state index in [2.05, 4.69) is 20.3 Å². The Labute approximate surface area is 156 Å². The van der Waals surface area contributed by atoms with E-state index in [0.717, 1.165) is 0 Å². The largest absolute Gasteiger partial charge is 0.488 e. The molecule has 0 radical (unpaired) electrons. The van der Waals surface area contributed by atoms with Crippen molar-refractivity contribution < 1.29 is 22.7 Å². The molecule has 10 nitrogen and oxygen atoms in total. The van der Waals surface area contributed by atoms with Crippen LogP contribution in [-0.2, 0) is 10.0 Å². The summed E-state index contributed by atoms with van der Waals surface area (Å²) in [5.74, 6) is 0.265. The lowest BCUT2D eigenvalue weighted by Crippen LogP contribution is -2.35. The highest BCUT2D eigenvalue weighted by Crippen LogP contribution is 2.23. The average Bonchev–Trinajstić information content (AvgIpc) is 2.61. The molecule has 1 aromatic carbocycles. The SMILES string of the molecule is C/C=C/COc1ccccc1S(=O)(=O)NC(=O)Nc1nc(C)nc(OC)n1. The maximum atomic E-state index is 12.5. The van der Waals surface area contributed by atoms with Gasteiger partial charge in [0.25, 0.3) is 10.0 Å². The fourth-order valence-corrected chi connectivity index (χ4v) is 2.99. The van der Waals surface area contributed by atoms with E-state index in [4.69, 9.17) is 9.47 Å². The lowest BCUT2D eigenvalue weighted by atomic mass is 10.3. The van der Waals surface area contributed by atoms with Crippen LogP contribution in [0.25, 0.3) is 0 Å². The van der Waals surface area contributed by atoms with Gasteiger partial charge in [-0.25, -0.2) is 17.9 Å². The van der Waals surface area contributed by atoms with Gasteiger partial charge in [0.1, 0.15) is 23.1 Å². The third kappa shape index (κ3) is 5.64. The quantitative estimate of drug-likeness (QED) is 0.679. The van der Waals surface area contributed by atoms with Crippen molar-refractivity contribution in [1.29, 1.82) is 0 Å². The van der Waals surface area contributed by atoms with Crippen LogP contribution in [0, 0.1) is 6.92 Å². The first-order chi connectivity index (χ1) is 12.9. The second-order valence-electron chi connectivity index (χ2n) is 5.08. The summed E-state index contributed by atoms with van der Waals surface area (Å²) in [5, 5.41) is 2.23. The molecule has 0 aliphatic rings.